The molecule has 1 unspecified atom stereocenters. The third-order valence-electron chi connectivity index (χ3n) is 3.01. The molecule has 2 rings (SSSR count). The Morgan fingerprint density at radius 2 is 2.07 bits per heavy atom. The van der Waals surface area contributed by atoms with Crippen LogP contribution in [-0.2, 0) is 9.84 Å². The molecule has 1 aromatic rings. The minimum atomic E-state index is -3.09. The summed E-state index contributed by atoms with van der Waals surface area (Å²) in [5, 5.41) is 0. The summed E-state index contributed by atoms with van der Waals surface area (Å²) in [7, 11) is -1.14. The van der Waals surface area contributed by atoms with E-state index in [-0.39, 0.29) is 11.8 Å². The molecule has 1 aliphatic rings. The number of anilines is 1. The second kappa shape index (κ2) is 3.23. The largest absolute Gasteiger partial charge is 0.370 e. The first-order chi connectivity index (χ1) is 6.93. The van der Waals surface area contributed by atoms with Gasteiger partial charge in [-0.1, -0.05) is 12.1 Å². The normalized spacial score (nSPS) is 23.7. The van der Waals surface area contributed by atoms with Crippen molar-refractivity contribution in [1.29, 1.82) is 0 Å². The molecule has 0 fully saturated rings. The maximum absolute atomic E-state index is 12.0. The number of aryl methyl sites for hydroxylation is 1. The number of hydrogen-bond acceptors (Lipinski definition) is 3. The van der Waals surface area contributed by atoms with Crippen molar-refractivity contribution >= 4 is 15.5 Å². The van der Waals surface area contributed by atoms with E-state index in [0.29, 0.717) is 4.90 Å². The molecule has 0 aliphatic carbocycles. The van der Waals surface area contributed by atoms with Crippen molar-refractivity contribution in [2.24, 2.45) is 0 Å². The van der Waals surface area contributed by atoms with Gasteiger partial charge in [0.15, 0.2) is 9.84 Å². The third kappa shape index (κ3) is 1.53. The van der Waals surface area contributed by atoms with Crippen molar-refractivity contribution in [3.8, 4) is 0 Å². The molecule has 0 bridgehead atoms. The van der Waals surface area contributed by atoms with Gasteiger partial charge in [0.2, 0.25) is 0 Å². The molecule has 0 spiro atoms. The third-order valence-corrected chi connectivity index (χ3v) is 4.93. The first-order valence-corrected chi connectivity index (χ1v) is 6.64. The summed E-state index contributed by atoms with van der Waals surface area (Å²) in [5.74, 6) is 0.208. The fraction of sp³-hybridized carbons (Fsp3) is 0.455. The number of hydrogen-bond donors (Lipinski definition) is 0. The van der Waals surface area contributed by atoms with Crippen LogP contribution in [0.15, 0.2) is 23.1 Å². The van der Waals surface area contributed by atoms with E-state index in [2.05, 4.69) is 0 Å². The predicted octanol–water partition coefficient (Wildman–Crippen LogP) is 1.61. The van der Waals surface area contributed by atoms with Crippen molar-refractivity contribution in [3.63, 3.8) is 0 Å². The van der Waals surface area contributed by atoms with Gasteiger partial charge in [0.25, 0.3) is 0 Å². The lowest BCUT2D eigenvalue weighted by Crippen LogP contribution is -2.40. The van der Waals surface area contributed by atoms with Crippen LogP contribution >= 0.6 is 0 Å². The van der Waals surface area contributed by atoms with Crippen LogP contribution in [0, 0.1) is 6.92 Å². The van der Waals surface area contributed by atoms with Gasteiger partial charge in [0.1, 0.15) is 0 Å². The van der Waals surface area contributed by atoms with Crippen molar-refractivity contribution in [2.75, 3.05) is 17.7 Å². The Balaban J connectivity index is 2.75. The van der Waals surface area contributed by atoms with Crippen molar-refractivity contribution in [2.45, 2.75) is 24.8 Å². The number of para-hydroxylation sites is 1. The summed E-state index contributed by atoms with van der Waals surface area (Å²) in [6.07, 6.45) is 0. The predicted molar refractivity (Wildman–Crippen MR) is 61.1 cm³/mol. The monoisotopic (exact) mass is 225 g/mol. The van der Waals surface area contributed by atoms with Crippen molar-refractivity contribution in [1.82, 2.24) is 0 Å². The van der Waals surface area contributed by atoms with Crippen molar-refractivity contribution in [3.05, 3.63) is 23.8 Å². The van der Waals surface area contributed by atoms with Gasteiger partial charge in [0.05, 0.1) is 16.3 Å². The Hall–Kier alpha value is -1.03. The van der Waals surface area contributed by atoms with E-state index in [1.165, 1.54) is 0 Å². The van der Waals surface area contributed by atoms with Gasteiger partial charge in [-0.15, -0.1) is 0 Å². The van der Waals surface area contributed by atoms with Crippen LogP contribution in [0.25, 0.3) is 0 Å². The van der Waals surface area contributed by atoms with E-state index in [9.17, 15) is 8.42 Å². The fourth-order valence-corrected chi connectivity index (χ4v) is 4.00. The van der Waals surface area contributed by atoms with Crippen LogP contribution in [0.4, 0.5) is 5.69 Å². The summed E-state index contributed by atoms with van der Waals surface area (Å²) in [6, 6.07) is 5.49. The molecule has 0 N–H and O–H groups in total. The zero-order valence-corrected chi connectivity index (χ0v) is 10.0. The molecule has 3 nitrogen and oxygen atoms in total. The fourth-order valence-electron chi connectivity index (χ4n) is 2.07. The summed E-state index contributed by atoms with van der Waals surface area (Å²) >= 11 is 0. The zero-order valence-electron chi connectivity index (χ0n) is 9.19. The molecule has 0 amide bonds. The molecule has 82 valence electrons. The highest BCUT2D eigenvalue weighted by molar-refractivity contribution is 7.91. The average molecular weight is 225 g/mol. The molecule has 15 heavy (non-hydrogen) atoms. The van der Waals surface area contributed by atoms with Gasteiger partial charge >= 0.3 is 0 Å². The number of fused-ring (bicyclic) bond motifs is 1. The molecule has 0 saturated heterocycles. The summed E-state index contributed by atoms with van der Waals surface area (Å²) in [5.41, 5.74) is 1.88. The van der Waals surface area contributed by atoms with Crippen LogP contribution in [0.2, 0.25) is 0 Å². The highest BCUT2D eigenvalue weighted by Crippen LogP contribution is 2.34. The molecule has 0 saturated carbocycles. The van der Waals surface area contributed by atoms with Crippen LogP contribution in [0.1, 0.15) is 12.5 Å². The van der Waals surface area contributed by atoms with E-state index in [1.807, 2.05) is 31.9 Å². The number of sulfone groups is 1. The van der Waals surface area contributed by atoms with Crippen LogP contribution in [-0.4, -0.2) is 27.3 Å². The number of nitrogens with zero attached hydrogens (tertiary/aromatic N) is 1. The SMILES string of the molecule is Cc1cccc2c1N(C)C(C)CS2(=O)=O. The standard InChI is InChI=1S/C11H15NO2S/c1-8-5-4-6-10-11(8)12(3)9(2)7-15(10,13)14/h4-6,9H,7H2,1-3H3. The van der Waals surface area contributed by atoms with Crippen LogP contribution in [0.5, 0.6) is 0 Å². The van der Waals surface area contributed by atoms with Gasteiger partial charge in [-0.05, 0) is 25.5 Å². The van der Waals surface area contributed by atoms with E-state index in [1.54, 1.807) is 12.1 Å². The molecule has 1 aromatic carbocycles. The van der Waals surface area contributed by atoms with Gasteiger partial charge < -0.3 is 4.90 Å². The van der Waals surface area contributed by atoms with Gasteiger partial charge in [-0.3, -0.25) is 0 Å². The molecule has 4 heteroatoms. The molecular weight excluding hydrogens is 210 g/mol. The quantitative estimate of drug-likeness (QED) is 0.673. The maximum Gasteiger partial charge on any atom is 0.182 e. The maximum atomic E-state index is 12.0. The molecule has 1 atom stereocenters. The summed E-state index contributed by atoms with van der Waals surface area (Å²) in [4.78, 5) is 2.52. The summed E-state index contributed by atoms with van der Waals surface area (Å²) < 4.78 is 23.9. The minimum absolute atomic E-state index is 0.0450. The molecular formula is C11H15NO2S. The minimum Gasteiger partial charge on any atom is -0.370 e. The molecule has 1 heterocycles. The first-order valence-electron chi connectivity index (χ1n) is 4.98. The smallest absolute Gasteiger partial charge is 0.182 e. The molecule has 0 radical (unpaired) electrons. The van der Waals surface area contributed by atoms with E-state index < -0.39 is 9.84 Å². The Kier molecular flexibility index (Phi) is 2.26. The lowest BCUT2D eigenvalue weighted by molar-refractivity contribution is 0.579. The number of rotatable bonds is 0. The lowest BCUT2D eigenvalue weighted by atomic mass is 10.1. The Labute approximate surface area is 90.6 Å². The Bertz CT molecular complexity index is 493. The second-order valence-electron chi connectivity index (χ2n) is 4.16. The highest BCUT2D eigenvalue weighted by atomic mass is 32.2. The second-order valence-corrected chi connectivity index (χ2v) is 6.17. The first kappa shape index (κ1) is 10.5. The molecule has 1 aliphatic heterocycles. The van der Waals surface area contributed by atoms with Gasteiger partial charge in [0, 0.05) is 13.1 Å². The summed E-state index contributed by atoms with van der Waals surface area (Å²) in [6.45, 7) is 3.88. The number of benzene rings is 1. The topological polar surface area (TPSA) is 37.4 Å². The highest BCUT2D eigenvalue weighted by Gasteiger charge is 2.32. The lowest BCUT2D eigenvalue weighted by Gasteiger charge is -2.34. The average Bonchev–Trinajstić information content (AvgIpc) is 2.14. The van der Waals surface area contributed by atoms with Crippen LogP contribution in [0.3, 0.4) is 0 Å². The van der Waals surface area contributed by atoms with E-state index >= 15 is 0 Å². The van der Waals surface area contributed by atoms with Gasteiger partial charge in [-0.25, -0.2) is 8.42 Å². The van der Waals surface area contributed by atoms with Crippen molar-refractivity contribution < 1.29 is 8.42 Å². The Morgan fingerprint density at radius 1 is 1.40 bits per heavy atom. The zero-order chi connectivity index (χ0) is 11.2. The van der Waals surface area contributed by atoms with Gasteiger partial charge in [-0.2, -0.15) is 0 Å². The van der Waals surface area contributed by atoms with Crippen LogP contribution < -0.4 is 4.90 Å². The Morgan fingerprint density at radius 3 is 2.73 bits per heavy atom. The molecule has 0 aromatic heterocycles. The van der Waals surface area contributed by atoms with E-state index in [0.717, 1.165) is 11.3 Å². The van der Waals surface area contributed by atoms with E-state index in [4.69, 9.17) is 0 Å².